The summed E-state index contributed by atoms with van der Waals surface area (Å²) >= 11 is 6.21. The molecule has 2 rings (SSSR count). The summed E-state index contributed by atoms with van der Waals surface area (Å²) in [6.07, 6.45) is 3.87. The molecule has 4 heteroatoms. The fraction of sp³-hybridized carbons (Fsp3) is 0.357. The third-order valence-electron chi connectivity index (χ3n) is 2.78. The average molecular weight is 264 g/mol. The van der Waals surface area contributed by atoms with E-state index in [1.807, 2.05) is 31.6 Å². The van der Waals surface area contributed by atoms with Crippen LogP contribution in [0.25, 0.3) is 11.1 Å². The van der Waals surface area contributed by atoms with Crippen LogP contribution < -0.4 is 5.32 Å². The van der Waals surface area contributed by atoms with Gasteiger partial charge in [0.2, 0.25) is 0 Å². The maximum Gasteiger partial charge on any atom is 0.0568 e. The Morgan fingerprint density at radius 3 is 2.72 bits per heavy atom. The molecule has 0 fully saturated rings. The highest BCUT2D eigenvalue weighted by Crippen LogP contribution is 2.24. The quantitative estimate of drug-likeness (QED) is 0.918. The van der Waals surface area contributed by atoms with Gasteiger partial charge in [-0.1, -0.05) is 31.5 Å². The molecule has 1 aromatic carbocycles. The summed E-state index contributed by atoms with van der Waals surface area (Å²) in [7, 11) is 1.92. The molecule has 0 amide bonds. The first-order valence-electron chi connectivity index (χ1n) is 6.07. The Morgan fingerprint density at radius 2 is 2.11 bits per heavy atom. The van der Waals surface area contributed by atoms with Crippen molar-refractivity contribution in [2.24, 2.45) is 7.05 Å². The van der Waals surface area contributed by atoms with Gasteiger partial charge in [-0.25, -0.2) is 0 Å². The Balaban J connectivity index is 2.25. The third kappa shape index (κ3) is 3.12. The van der Waals surface area contributed by atoms with Gasteiger partial charge in [0.25, 0.3) is 0 Å². The highest BCUT2D eigenvalue weighted by atomic mass is 35.5. The minimum Gasteiger partial charge on any atom is -0.310 e. The molecule has 0 aliphatic heterocycles. The summed E-state index contributed by atoms with van der Waals surface area (Å²) in [6.45, 7) is 5.03. The molecule has 3 nitrogen and oxygen atoms in total. The maximum absolute atomic E-state index is 6.21. The van der Waals surface area contributed by atoms with E-state index in [4.69, 9.17) is 11.6 Å². The number of benzene rings is 1. The van der Waals surface area contributed by atoms with Crippen LogP contribution in [0.4, 0.5) is 0 Å². The number of nitrogens with one attached hydrogen (secondary N) is 1. The van der Waals surface area contributed by atoms with E-state index >= 15 is 0 Å². The molecule has 96 valence electrons. The molecule has 0 bridgehead atoms. The van der Waals surface area contributed by atoms with Crippen molar-refractivity contribution >= 4 is 11.6 Å². The highest BCUT2D eigenvalue weighted by Gasteiger charge is 2.06. The highest BCUT2D eigenvalue weighted by molar-refractivity contribution is 6.31. The van der Waals surface area contributed by atoms with Crippen LogP contribution in [-0.2, 0) is 13.6 Å². The molecule has 18 heavy (non-hydrogen) atoms. The summed E-state index contributed by atoms with van der Waals surface area (Å²) in [5.74, 6) is 0. The van der Waals surface area contributed by atoms with Crippen molar-refractivity contribution in [3.05, 3.63) is 41.2 Å². The maximum atomic E-state index is 6.21. The molecule has 1 N–H and O–H groups in total. The van der Waals surface area contributed by atoms with Gasteiger partial charge in [0.1, 0.15) is 0 Å². The Hall–Kier alpha value is -1.32. The Kier molecular flexibility index (Phi) is 4.04. The minimum atomic E-state index is 0.447. The van der Waals surface area contributed by atoms with Crippen LogP contribution in [0.2, 0.25) is 5.02 Å². The number of hydrogen-bond acceptors (Lipinski definition) is 2. The van der Waals surface area contributed by atoms with E-state index in [1.54, 1.807) is 4.68 Å². The lowest BCUT2D eigenvalue weighted by atomic mass is 10.1. The summed E-state index contributed by atoms with van der Waals surface area (Å²) < 4.78 is 1.80. The Labute approximate surface area is 113 Å². The number of aryl methyl sites for hydroxylation is 1. The van der Waals surface area contributed by atoms with Gasteiger partial charge in [-0.2, -0.15) is 5.10 Å². The van der Waals surface area contributed by atoms with E-state index in [1.165, 1.54) is 0 Å². The lowest BCUT2D eigenvalue weighted by Crippen LogP contribution is -2.21. The van der Waals surface area contributed by atoms with E-state index in [0.717, 1.165) is 28.3 Å². The van der Waals surface area contributed by atoms with Crippen molar-refractivity contribution in [3.63, 3.8) is 0 Å². The molecular formula is C14H18ClN3. The largest absolute Gasteiger partial charge is 0.310 e. The van der Waals surface area contributed by atoms with Crippen molar-refractivity contribution in [1.29, 1.82) is 0 Å². The summed E-state index contributed by atoms with van der Waals surface area (Å²) in [6, 6.07) is 6.54. The molecule has 0 saturated carbocycles. The SMILES string of the molecule is CC(C)NCc1cc(-c2cnn(C)c2)ccc1Cl. The smallest absolute Gasteiger partial charge is 0.0568 e. The predicted molar refractivity (Wildman–Crippen MR) is 75.6 cm³/mol. The number of nitrogens with zero attached hydrogens (tertiary/aromatic N) is 2. The molecule has 0 saturated heterocycles. The number of hydrogen-bond donors (Lipinski definition) is 1. The van der Waals surface area contributed by atoms with Gasteiger partial charge >= 0.3 is 0 Å². The minimum absolute atomic E-state index is 0.447. The van der Waals surface area contributed by atoms with E-state index in [9.17, 15) is 0 Å². The molecule has 0 spiro atoms. The standard InChI is InChI=1S/C14H18ClN3/c1-10(2)16-7-12-6-11(4-5-14(12)15)13-8-17-18(3)9-13/h4-6,8-10,16H,7H2,1-3H3. The molecule has 0 aliphatic rings. The second-order valence-corrected chi connectivity index (χ2v) is 5.15. The van der Waals surface area contributed by atoms with Gasteiger partial charge in [-0.05, 0) is 23.3 Å². The van der Waals surface area contributed by atoms with E-state index in [2.05, 4.69) is 30.3 Å². The van der Waals surface area contributed by atoms with Crippen molar-refractivity contribution in [1.82, 2.24) is 15.1 Å². The monoisotopic (exact) mass is 263 g/mol. The van der Waals surface area contributed by atoms with Gasteiger partial charge < -0.3 is 5.32 Å². The fourth-order valence-electron chi connectivity index (χ4n) is 1.77. The van der Waals surface area contributed by atoms with Crippen LogP contribution in [0.15, 0.2) is 30.6 Å². The van der Waals surface area contributed by atoms with Crippen molar-refractivity contribution in [2.75, 3.05) is 0 Å². The zero-order valence-corrected chi connectivity index (χ0v) is 11.7. The average Bonchev–Trinajstić information content (AvgIpc) is 2.74. The van der Waals surface area contributed by atoms with Gasteiger partial charge in [-0.15, -0.1) is 0 Å². The van der Waals surface area contributed by atoms with E-state index in [0.29, 0.717) is 6.04 Å². The van der Waals surface area contributed by atoms with Crippen LogP contribution in [0.1, 0.15) is 19.4 Å². The van der Waals surface area contributed by atoms with Gasteiger partial charge in [0, 0.05) is 36.4 Å². The van der Waals surface area contributed by atoms with Gasteiger partial charge in [0.05, 0.1) is 6.20 Å². The molecule has 1 heterocycles. The normalized spacial score (nSPS) is 11.2. The predicted octanol–water partition coefficient (Wildman–Crippen LogP) is 3.24. The molecule has 0 atom stereocenters. The van der Waals surface area contributed by atoms with Crippen LogP contribution in [0.3, 0.4) is 0 Å². The van der Waals surface area contributed by atoms with Crippen molar-refractivity contribution in [3.8, 4) is 11.1 Å². The Morgan fingerprint density at radius 1 is 1.33 bits per heavy atom. The van der Waals surface area contributed by atoms with Crippen LogP contribution >= 0.6 is 11.6 Å². The third-order valence-corrected chi connectivity index (χ3v) is 3.15. The molecular weight excluding hydrogens is 246 g/mol. The van der Waals surface area contributed by atoms with Crippen LogP contribution in [-0.4, -0.2) is 15.8 Å². The first-order valence-corrected chi connectivity index (χ1v) is 6.45. The summed E-state index contributed by atoms with van der Waals surface area (Å²) in [5, 5.41) is 8.37. The second kappa shape index (κ2) is 5.55. The van der Waals surface area contributed by atoms with Crippen molar-refractivity contribution in [2.45, 2.75) is 26.4 Å². The first-order chi connectivity index (χ1) is 8.56. The molecule has 1 aromatic heterocycles. The van der Waals surface area contributed by atoms with Gasteiger partial charge in [-0.3, -0.25) is 4.68 Å². The zero-order chi connectivity index (χ0) is 13.1. The molecule has 0 aliphatic carbocycles. The second-order valence-electron chi connectivity index (χ2n) is 4.74. The lowest BCUT2D eigenvalue weighted by Gasteiger charge is -2.10. The first kappa shape index (κ1) is 13.1. The molecule has 0 unspecified atom stereocenters. The lowest BCUT2D eigenvalue weighted by molar-refractivity contribution is 0.589. The van der Waals surface area contributed by atoms with Crippen molar-refractivity contribution < 1.29 is 0 Å². The number of rotatable bonds is 4. The summed E-state index contributed by atoms with van der Waals surface area (Å²) in [4.78, 5) is 0. The Bertz CT molecular complexity index is 532. The van der Waals surface area contributed by atoms with Crippen LogP contribution in [0.5, 0.6) is 0 Å². The molecule has 2 aromatic rings. The summed E-state index contributed by atoms with van der Waals surface area (Å²) in [5.41, 5.74) is 3.37. The van der Waals surface area contributed by atoms with E-state index in [-0.39, 0.29) is 0 Å². The van der Waals surface area contributed by atoms with Crippen LogP contribution in [0, 0.1) is 0 Å². The fourth-order valence-corrected chi connectivity index (χ4v) is 1.96. The number of halogens is 1. The zero-order valence-electron chi connectivity index (χ0n) is 10.9. The molecule has 0 radical (unpaired) electrons. The number of aromatic nitrogens is 2. The van der Waals surface area contributed by atoms with E-state index < -0.39 is 0 Å². The van der Waals surface area contributed by atoms with Gasteiger partial charge in [0.15, 0.2) is 0 Å². The topological polar surface area (TPSA) is 29.9 Å².